The van der Waals surface area contributed by atoms with E-state index in [1.807, 2.05) is 0 Å². The fourth-order valence-electron chi connectivity index (χ4n) is 1.64. The van der Waals surface area contributed by atoms with Crippen LogP contribution in [0.4, 0.5) is 0 Å². The fourth-order valence-corrected chi connectivity index (χ4v) is 1.64. The largest absolute Gasteiger partial charge is 0.393 e. The van der Waals surface area contributed by atoms with Crippen LogP contribution in [0.1, 0.15) is 66.2 Å². The second kappa shape index (κ2) is 8.96. The van der Waals surface area contributed by atoms with Gasteiger partial charge in [-0.05, 0) is 32.6 Å². The number of hydrogen-bond donors (Lipinski definition) is 1. The minimum Gasteiger partial charge on any atom is -0.393 e. The maximum atomic E-state index is 9.90. The van der Waals surface area contributed by atoms with Crippen molar-refractivity contribution in [1.82, 2.24) is 0 Å². The van der Waals surface area contributed by atoms with Crippen molar-refractivity contribution in [3.63, 3.8) is 0 Å². The second-order valence-corrected chi connectivity index (χ2v) is 4.91. The topological polar surface area (TPSA) is 20.2 Å². The Morgan fingerprint density at radius 2 is 1.87 bits per heavy atom. The summed E-state index contributed by atoms with van der Waals surface area (Å²) in [5, 5.41) is 9.90. The second-order valence-electron chi connectivity index (χ2n) is 4.91. The molecule has 1 heteroatoms. The van der Waals surface area contributed by atoms with Crippen molar-refractivity contribution in [2.75, 3.05) is 0 Å². The van der Waals surface area contributed by atoms with E-state index in [-0.39, 0.29) is 6.10 Å². The smallest absolute Gasteiger partial charge is 0.0568 e. The van der Waals surface area contributed by atoms with Crippen LogP contribution >= 0.6 is 0 Å². The van der Waals surface area contributed by atoms with Gasteiger partial charge < -0.3 is 5.11 Å². The highest BCUT2D eigenvalue weighted by molar-refractivity contribution is 4.94. The summed E-state index contributed by atoms with van der Waals surface area (Å²) in [4.78, 5) is 0. The number of rotatable bonds is 8. The van der Waals surface area contributed by atoms with Crippen LogP contribution in [0.15, 0.2) is 11.6 Å². The summed E-state index contributed by atoms with van der Waals surface area (Å²) in [6.45, 7) is 8.58. The summed E-state index contributed by atoms with van der Waals surface area (Å²) in [6.07, 6.45) is 9.10. The molecule has 0 spiro atoms. The van der Waals surface area contributed by atoms with Gasteiger partial charge in [0.15, 0.2) is 0 Å². The third kappa shape index (κ3) is 8.68. The van der Waals surface area contributed by atoms with Crippen molar-refractivity contribution >= 4 is 0 Å². The van der Waals surface area contributed by atoms with Crippen molar-refractivity contribution in [3.05, 3.63) is 11.6 Å². The Kier molecular flexibility index (Phi) is 8.79. The Labute approximate surface area is 95.6 Å². The first-order valence-electron chi connectivity index (χ1n) is 6.39. The summed E-state index contributed by atoms with van der Waals surface area (Å²) in [6, 6.07) is 0. The molecule has 2 unspecified atom stereocenters. The van der Waals surface area contributed by atoms with Gasteiger partial charge in [0.2, 0.25) is 0 Å². The van der Waals surface area contributed by atoms with Crippen molar-refractivity contribution in [1.29, 1.82) is 0 Å². The first kappa shape index (κ1) is 14.7. The molecule has 0 rings (SSSR count). The van der Waals surface area contributed by atoms with Gasteiger partial charge in [0.05, 0.1) is 6.10 Å². The first-order chi connectivity index (χ1) is 7.07. The average molecular weight is 212 g/mol. The SMILES string of the molecule is CCCCCCC(O)C(C)CC=C(C)C. The van der Waals surface area contributed by atoms with Gasteiger partial charge in [-0.2, -0.15) is 0 Å². The number of aliphatic hydroxyl groups excluding tert-OH is 1. The van der Waals surface area contributed by atoms with Crippen LogP contribution < -0.4 is 0 Å². The van der Waals surface area contributed by atoms with Gasteiger partial charge in [-0.1, -0.05) is 51.2 Å². The summed E-state index contributed by atoms with van der Waals surface area (Å²) in [5.41, 5.74) is 1.35. The van der Waals surface area contributed by atoms with Crippen molar-refractivity contribution in [2.24, 2.45) is 5.92 Å². The molecular formula is C14H28O. The Morgan fingerprint density at radius 1 is 1.20 bits per heavy atom. The van der Waals surface area contributed by atoms with Gasteiger partial charge in [0.1, 0.15) is 0 Å². The van der Waals surface area contributed by atoms with Crippen LogP contribution in [0.5, 0.6) is 0 Å². The molecule has 0 saturated heterocycles. The fraction of sp³-hybridized carbons (Fsp3) is 0.857. The quantitative estimate of drug-likeness (QED) is 0.469. The lowest BCUT2D eigenvalue weighted by Crippen LogP contribution is -2.16. The van der Waals surface area contributed by atoms with Crippen molar-refractivity contribution in [3.8, 4) is 0 Å². The van der Waals surface area contributed by atoms with Crippen LogP contribution in [0.25, 0.3) is 0 Å². The number of hydrogen-bond acceptors (Lipinski definition) is 1. The van der Waals surface area contributed by atoms with Crippen LogP contribution in [-0.4, -0.2) is 11.2 Å². The standard InChI is InChI=1S/C14H28O/c1-5-6-7-8-9-14(15)13(4)11-10-12(2)3/h10,13-15H,5-9,11H2,1-4H3. The van der Waals surface area contributed by atoms with Crippen molar-refractivity contribution < 1.29 is 5.11 Å². The zero-order valence-electron chi connectivity index (χ0n) is 10.9. The Balaban J connectivity index is 3.60. The number of allylic oxidation sites excluding steroid dienone is 2. The lowest BCUT2D eigenvalue weighted by atomic mass is 9.95. The van der Waals surface area contributed by atoms with E-state index in [9.17, 15) is 5.11 Å². The van der Waals surface area contributed by atoms with Crippen LogP contribution in [0.3, 0.4) is 0 Å². The molecule has 90 valence electrons. The minimum absolute atomic E-state index is 0.113. The van der Waals surface area contributed by atoms with E-state index < -0.39 is 0 Å². The first-order valence-corrected chi connectivity index (χ1v) is 6.39. The van der Waals surface area contributed by atoms with Crippen molar-refractivity contribution in [2.45, 2.75) is 72.3 Å². The molecule has 0 aliphatic carbocycles. The average Bonchev–Trinajstić information content (AvgIpc) is 2.20. The highest BCUT2D eigenvalue weighted by atomic mass is 16.3. The molecule has 0 aromatic rings. The van der Waals surface area contributed by atoms with E-state index in [1.165, 1.54) is 31.3 Å². The molecule has 0 heterocycles. The van der Waals surface area contributed by atoms with Crippen LogP contribution in [-0.2, 0) is 0 Å². The van der Waals surface area contributed by atoms with E-state index in [4.69, 9.17) is 0 Å². The third-order valence-corrected chi connectivity index (χ3v) is 2.91. The van der Waals surface area contributed by atoms with Gasteiger partial charge in [0.25, 0.3) is 0 Å². The molecule has 0 fully saturated rings. The summed E-state index contributed by atoms with van der Waals surface area (Å²) in [7, 11) is 0. The Bertz CT molecular complexity index is 168. The van der Waals surface area contributed by atoms with Gasteiger partial charge in [0, 0.05) is 0 Å². The predicted molar refractivity (Wildman–Crippen MR) is 68.0 cm³/mol. The Morgan fingerprint density at radius 3 is 2.40 bits per heavy atom. The lowest BCUT2D eigenvalue weighted by Gasteiger charge is -2.17. The molecule has 0 bridgehead atoms. The third-order valence-electron chi connectivity index (χ3n) is 2.91. The van der Waals surface area contributed by atoms with E-state index in [1.54, 1.807) is 0 Å². The number of unbranched alkanes of at least 4 members (excludes halogenated alkanes) is 3. The molecule has 1 nitrogen and oxygen atoms in total. The zero-order valence-corrected chi connectivity index (χ0v) is 10.9. The molecule has 0 aromatic carbocycles. The predicted octanol–water partition coefficient (Wildman–Crippen LogP) is 4.31. The van der Waals surface area contributed by atoms with Gasteiger partial charge in [-0.15, -0.1) is 0 Å². The molecule has 0 aromatic heterocycles. The minimum atomic E-state index is -0.113. The number of aliphatic hydroxyl groups is 1. The van der Waals surface area contributed by atoms with E-state index >= 15 is 0 Å². The van der Waals surface area contributed by atoms with E-state index in [0.717, 1.165) is 12.8 Å². The molecular weight excluding hydrogens is 184 g/mol. The molecule has 0 aliphatic rings. The van der Waals surface area contributed by atoms with E-state index in [0.29, 0.717) is 5.92 Å². The van der Waals surface area contributed by atoms with Gasteiger partial charge in [-0.25, -0.2) is 0 Å². The Hall–Kier alpha value is -0.300. The molecule has 0 amide bonds. The van der Waals surface area contributed by atoms with Crippen LogP contribution in [0.2, 0.25) is 0 Å². The van der Waals surface area contributed by atoms with E-state index in [2.05, 4.69) is 33.8 Å². The maximum absolute atomic E-state index is 9.90. The maximum Gasteiger partial charge on any atom is 0.0568 e. The lowest BCUT2D eigenvalue weighted by molar-refractivity contribution is 0.106. The molecule has 15 heavy (non-hydrogen) atoms. The summed E-state index contributed by atoms with van der Waals surface area (Å²) >= 11 is 0. The molecule has 2 atom stereocenters. The monoisotopic (exact) mass is 212 g/mol. The van der Waals surface area contributed by atoms with Gasteiger partial charge >= 0.3 is 0 Å². The highest BCUT2D eigenvalue weighted by Crippen LogP contribution is 2.16. The summed E-state index contributed by atoms with van der Waals surface area (Å²) < 4.78 is 0. The van der Waals surface area contributed by atoms with Crippen LogP contribution in [0, 0.1) is 5.92 Å². The molecule has 0 aliphatic heterocycles. The summed E-state index contributed by atoms with van der Waals surface area (Å²) in [5.74, 6) is 0.404. The van der Waals surface area contributed by atoms with Gasteiger partial charge in [-0.3, -0.25) is 0 Å². The zero-order chi connectivity index (χ0) is 11.7. The molecule has 1 N–H and O–H groups in total. The molecule has 0 saturated carbocycles. The highest BCUT2D eigenvalue weighted by Gasteiger charge is 2.11. The molecule has 0 radical (unpaired) electrons. The normalized spacial score (nSPS) is 14.7.